The molecule has 8 nitrogen and oxygen atoms in total. The highest BCUT2D eigenvalue weighted by molar-refractivity contribution is 8.00. The molecule has 1 aromatic carbocycles. The molecule has 3 heterocycles. The van der Waals surface area contributed by atoms with E-state index < -0.39 is 0 Å². The SMILES string of the molecule is COc1cnc2cccc(C[C@@H](N)[C@H]3CC[C@H](NCc4ccc5c(n4)NC(=O)CS5)CC3)c2n1. The molecule has 0 unspecified atom stereocenters. The summed E-state index contributed by atoms with van der Waals surface area (Å²) < 4.78 is 5.26. The van der Waals surface area contributed by atoms with Crippen LogP contribution in [0.5, 0.6) is 5.88 Å². The van der Waals surface area contributed by atoms with Crippen LogP contribution in [-0.2, 0) is 17.8 Å². The number of thioether (sulfide) groups is 1. The van der Waals surface area contributed by atoms with Gasteiger partial charge in [0.25, 0.3) is 0 Å². The molecule has 178 valence electrons. The molecule has 2 aliphatic rings. The number of nitrogens with one attached hydrogen (secondary N) is 2. The molecule has 9 heteroatoms. The lowest BCUT2D eigenvalue weighted by molar-refractivity contribution is -0.113. The van der Waals surface area contributed by atoms with Crippen LogP contribution in [0.4, 0.5) is 5.82 Å². The molecule has 1 atom stereocenters. The largest absolute Gasteiger partial charge is 0.480 e. The van der Waals surface area contributed by atoms with Gasteiger partial charge in [-0.15, -0.1) is 11.8 Å². The van der Waals surface area contributed by atoms with Crippen LogP contribution in [0.3, 0.4) is 0 Å². The number of rotatable bonds is 7. The number of hydrogen-bond acceptors (Lipinski definition) is 8. The molecule has 0 spiro atoms. The Morgan fingerprint density at radius 2 is 2.06 bits per heavy atom. The third-order valence-electron chi connectivity index (χ3n) is 6.78. The molecule has 1 aliphatic heterocycles. The minimum absolute atomic E-state index is 0.0134. The van der Waals surface area contributed by atoms with Crippen LogP contribution in [0.15, 0.2) is 41.4 Å². The Morgan fingerprint density at radius 3 is 2.88 bits per heavy atom. The first kappa shape index (κ1) is 23.0. The van der Waals surface area contributed by atoms with Gasteiger partial charge in [0.15, 0.2) is 0 Å². The molecule has 1 aliphatic carbocycles. The second kappa shape index (κ2) is 10.2. The van der Waals surface area contributed by atoms with Crippen LogP contribution < -0.4 is 21.1 Å². The van der Waals surface area contributed by atoms with Gasteiger partial charge in [0, 0.05) is 18.6 Å². The van der Waals surface area contributed by atoms with E-state index in [1.807, 2.05) is 24.3 Å². The number of pyridine rings is 1. The fourth-order valence-electron chi connectivity index (χ4n) is 4.86. The van der Waals surface area contributed by atoms with E-state index in [0.29, 0.717) is 36.0 Å². The van der Waals surface area contributed by atoms with E-state index in [4.69, 9.17) is 10.5 Å². The zero-order chi connectivity index (χ0) is 23.5. The zero-order valence-electron chi connectivity index (χ0n) is 19.3. The highest BCUT2D eigenvalue weighted by atomic mass is 32.2. The van der Waals surface area contributed by atoms with Crippen molar-refractivity contribution in [1.82, 2.24) is 20.3 Å². The van der Waals surface area contributed by atoms with Gasteiger partial charge in [0.2, 0.25) is 11.8 Å². The summed E-state index contributed by atoms with van der Waals surface area (Å²) in [6.45, 7) is 0.700. The molecule has 2 aromatic heterocycles. The van der Waals surface area contributed by atoms with Crippen LogP contribution in [0.25, 0.3) is 11.0 Å². The summed E-state index contributed by atoms with van der Waals surface area (Å²) in [5, 5.41) is 6.51. The lowest BCUT2D eigenvalue weighted by Gasteiger charge is -2.33. The maximum atomic E-state index is 11.6. The Bertz CT molecular complexity index is 1180. The third-order valence-corrected chi connectivity index (χ3v) is 7.83. The molecule has 3 aromatic rings. The number of amides is 1. The van der Waals surface area contributed by atoms with Gasteiger partial charge in [0.1, 0.15) is 5.82 Å². The van der Waals surface area contributed by atoms with Crippen molar-refractivity contribution >= 4 is 34.5 Å². The normalized spacial score (nSPS) is 21.1. The van der Waals surface area contributed by atoms with E-state index in [1.54, 1.807) is 13.3 Å². The number of carbonyl (C=O) groups excluding carboxylic acids is 1. The zero-order valence-corrected chi connectivity index (χ0v) is 20.1. The van der Waals surface area contributed by atoms with Gasteiger partial charge < -0.3 is 21.1 Å². The molecule has 1 fully saturated rings. The molecule has 4 N–H and O–H groups in total. The van der Waals surface area contributed by atoms with Gasteiger partial charge in [-0.2, -0.15) is 0 Å². The van der Waals surface area contributed by atoms with Gasteiger partial charge in [-0.25, -0.2) is 15.0 Å². The summed E-state index contributed by atoms with van der Waals surface area (Å²) >= 11 is 1.54. The number of methoxy groups -OCH3 is 1. The van der Waals surface area contributed by atoms with Gasteiger partial charge in [-0.1, -0.05) is 12.1 Å². The first-order valence-electron chi connectivity index (χ1n) is 11.8. The minimum atomic E-state index is 0.0134. The fourth-order valence-corrected chi connectivity index (χ4v) is 5.62. The van der Waals surface area contributed by atoms with Gasteiger partial charge >= 0.3 is 0 Å². The van der Waals surface area contributed by atoms with Crippen molar-refractivity contribution in [3.63, 3.8) is 0 Å². The van der Waals surface area contributed by atoms with Crippen molar-refractivity contribution in [1.29, 1.82) is 0 Å². The molecule has 0 radical (unpaired) electrons. The molecule has 34 heavy (non-hydrogen) atoms. The standard InChI is InChI=1S/C25H30N6O2S/c1-33-23-13-28-20-4-2-3-16(24(20)31-23)11-19(26)15-5-7-17(8-6-15)27-12-18-9-10-21-25(29-18)30-22(32)14-34-21/h2-4,9-10,13,15,17,19,27H,5-8,11-12,14,26H2,1H3,(H,29,30,32)/t15-,17-,19-/m1/s1. The number of hydrogen-bond donors (Lipinski definition) is 3. The molecule has 1 amide bonds. The average molecular weight is 479 g/mol. The first-order chi connectivity index (χ1) is 16.6. The monoisotopic (exact) mass is 478 g/mol. The Morgan fingerprint density at radius 1 is 1.21 bits per heavy atom. The number of anilines is 1. The first-order valence-corrected chi connectivity index (χ1v) is 12.8. The third kappa shape index (κ3) is 5.16. The lowest BCUT2D eigenvalue weighted by Crippen LogP contribution is -2.39. The van der Waals surface area contributed by atoms with E-state index in [0.717, 1.165) is 59.3 Å². The second-order valence-corrected chi connectivity index (χ2v) is 10.1. The summed E-state index contributed by atoms with van der Waals surface area (Å²) in [6.07, 6.45) is 6.82. The van der Waals surface area contributed by atoms with Gasteiger partial charge in [0.05, 0.1) is 40.7 Å². The van der Waals surface area contributed by atoms with Crippen molar-refractivity contribution in [2.24, 2.45) is 11.7 Å². The predicted octanol–water partition coefficient (Wildman–Crippen LogP) is 3.30. The maximum Gasteiger partial charge on any atom is 0.235 e. The predicted molar refractivity (Wildman–Crippen MR) is 134 cm³/mol. The smallest absolute Gasteiger partial charge is 0.235 e. The van der Waals surface area contributed by atoms with E-state index in [1.165, 1.54) is 11.8 Å². The van der Waals surface area contributed by atoms with Gasteiger partial charge in [-0.05, 0) is 61.8 Å². The summed E-state index contributed by atoms with van der Waals surface area (Å²) in [5.41, 5.74) is 10.5. The quantitative estimate of drug-likeness (QED) is 0.474. The van der Waals surface area contributed by atoms with Crippen molar-refractivity contribution in [3.8, 4) is 5.88 Å². The highest BCUT2D eigenvalue weighted by Crippen LogP contribution is 2.31. The van der Waals surface area contributed by atoms with Crippen LogP contribution in [-0.4, -0.2) is 45.8 Å². The van der Waals surface area contributed by atoms with E-state index >= 15 is 0 Å². The number of carbonyl (C=O) groups is 1. The molecular formula is C25H30N6O2S. The fraction of sp³-hybridized carbons (Fsp3) is 0.440. The van der Waals surface area contributed by atoms with E-state index in [-0.39, 0.29) is 11.9 Å². The maximum absolute atomic E-state index is 11.6. The number of nitrogens with zero attached hydrogens (tertiary/aromatic N) is 3. The topological polar surface area (TPSA) is 115 Å². The Kier molecular flexibility index (Phi) is 6.94. The number of aromatic nitrogens is 3. The molecule has 1 saturated carbocycles. The van der Waals surface area contributed by atoms with Crippen LogP contribution >= 0.6 is 11.8 Å². The van der Waals surface area contributed by atoms with Crippen LogP contribution in [0.1, 0.15) is 36.9 Å². The Hall–Kier alpha value is -2.75. The number of fused-ring (bicyclic) bond motifs is 2. The number of para-hydroxylation sites is 1. The Labute approximate surface area is 203 Å². The second-order valence-electron chi connectivity index (χ2n) is 9.04. The number of benzene rings is 1. The Balaban J connectivity index is 1.14. The van der Waals surface area contributed by atoms with Crippen molar-refractivity contribution < 1.29 is 9.53 Å². The number of nitrogens with two attached hydrogens (primary N) is 1. The minimum Gasteiger partial charge on any atom is -0.480 e. The summed E-state index contributed by atoms with van der Waals surface area (Å²) in [7, 11) is 1.61. The molecule has 0 bridgehead atoms. The molecule has 0 saturated heterocycles. The van der Waals surface area contributed by atoms with E-state index in [9.17, 15) is 4.79 Å². The van der Waals surface area contributed by atoms with Crippen molar-refractivity contribution in [3.05, 3.63) is 47.8 Å². The highest BCUT2D eigenvalue weighted by Gasteiger charge is 2.26. The molecular weight excluding hydrogens is 448 g/mol. The summed E-state index contributed by atoms with van der Waals surface area (Å²) in [6, 6.07) is 10.7. The lowest BCUT2D eigenvalue weighted by atomic mass is 9.80. The van der Waals surface area contributed by atoms with Crippen molar-refractivity contribution in [2.75, 3.05) is 18.2 Å². The van der Waals surface area contributed by atoms with Crippen molar-refractivity contribution in [2.45, 2.75) is 55.6 Å². The van der Waals surface area contributed by atoms with Crippen LogP contribution in [0, 0.1) is 5.92 Å². The summed E-state index contributed by atoms with van der Waals surface area (Å²) in [4.78, 5) is 26.3. The number of ether oxygens (including phenoxy) is 1. The molecule has 5 rings (SSSR count). The van der Waals surface area contributed by atoms with E-state index in [2.05, 4.69) is 31.7 Å². The average Bonchev–Trinajstić information content (AvgIpc) is 2.87. The van der Waals surface area contributed by atoms with Gasteiger partial charge in [-0.3, -0.25) is 4.79 Å². The summed E-state index contributed by atoms with van der Waals surface area (Å²) in [5.74, 6) is 2.17. The van der Waals surface area contributed by atoms with Crippen LogP contribution in [0.2, 0.25) is 0 Å².